The highest BCUT2D eigenvalue weighted by Gasteiger charge is 2.53. The average molecular weight is 375 g/mol. The van der Waals surface area contributed by atoms with Gasteiger partial charge in [0.05, 0.1) is 16.7 Å². The molecule has 4 bridgehead atoms. The van der Waals surface area contributed by atoms with Gasteiger partial charge in [-0.3, -0.25) is 4.79 Å². The van der Waals surface area contributed by atoms with Gasteiger partial charge >= 0.3 is 0 Å². The molecule has 4 aliphatic heterocycles. The zero-order valence-corrected chi connectivity index (χ0v) is 15.8. The highest BCUT2D eigenvalue weighted by atomic mass is 16.2. The number of hydrazone groups is 1. The lowest BCUT2D eigenvalue weighted by molar-refractivity contribution is 0.0952. The van der Waals surface area contributed by atoms with E-state index >= 15 is 0 Å². The third-order valence-electron chi connectivity index (χ3n) is 6.36. The van der Waals surface area contributed by atoms with E-state index in [4.69, 9.17) is 10.8 Å². The molecule has 4 saturated heterocycles. The maximum absolute atomic E-state index is 12.7. The summed E-state index contributed by atoms with van der Waals surface area (Å²) in [6.07, 6.45) is 0. The van der Waals surface area contributed by atoms with Crippen molar-refractivity contribution in [2.24, 2.45) is 11.0 Å². The van der Waals surface area contributed by atoms with Crippen LogP contribution in [0.15, 0.2) is 59.7 Å². The zero-order valence-electron chi connectivity index (χ0n) is 15.8. The molecule has 0 spiro atoms. The van der Waals surface area contributed by atoms with Crippen LogP contribution in [0.25, 0.3) is 0 Å². The van der Waals surface area contributed by atoms with Gasteiger partial charge in [0.2, 0.25) is 0 Å². The molecule has 6 rings (SSSR count). The van der Waals surface area contributed by atoms with Gasteiger partial charge in [-0.1, -0.05) is 42.5 Å². The van der Waals surface area contributed by atoms with Gasteiger partial charge in [-0.05, 0) is 17.7 Å². The number of nitrogen functional groups attached to an aromatic ring is 1. The summed E-state index contributed by atoms with van der Waals surface area (Å²) in [6.45, 7) is 6.12. The molecule has 2 aromatic rings. The number of nitrogens with two attached hydrogens (primary N) is 1. The molecular formula is C22H25N5O. The van der Waals surface area contributed by atoms with Crippen molar-refractivity contribution in [1.29, 1.82) is 0 Å². The molecule has 1 amide bonds. The highest BCUT2D eigenvalue weighted by Crippen LogP contribution is 2.41. The van der Waals surface area contributed by atoms with E-state index in [9.17, 15) is 4.79 Å². The molecule has 0 saturated carbocycles. The molecule has 2 aromatic carbocycles. The Morgan fingerprint density at radius 1 is 1.00 bits per heavy atom. The third-order valence-corrected chi connectivity index (χ3v) is 6.36. The topological polar surface area (TPSA) is 74.0 Å². The third kappa shape index (κ3) is 2.80. The number of carbonyl (C=O) groups is 1. The fourth-order valence-corrected chi connectivity index (χ4v) is 5.13. The number of carbonyl (C=O) groups excluding carboxylic acids is 1. The second-order valence-electron chi connectivity index (χ2n) is 8.14. The first-order chi connectivity index (χ1) is 13.7. The van der Waals surface area contributed by atoms with Gasteiger partial charge in [-0.2, -0.15) is 5.10 Å². The predicted octanol–water partition coefficient (Wildman–Crippen LogP) is 1.55. The number of hydrogen-bond acceptors (Lipinski definition) is 5. The molecule has 2 unspecified atom stereocenters. The molecule has 6 nitrogen and oxygen atoms in total. The lowest BCUT2D eigenvalue weighted by atomic mass is 9.66. The van der Waals surface area contributed by atoms with E-state index < -0.39 is 0 Å². The molecule has 0 aromatic heterocycles. The summed E-state index contributed by atoms with van der Waals surface area (Å²) < 4.78 is 0. The van der Waals surface area contributed by atoms with Crippen LogP contribution in [0, 0.1) is 5.92 Å². The first-order valence-electron chi connectivity index (χ1n) is 9.89. The second-order valence-corrected chi connectivity index (χ2v) is 8.14. The quantitative estimate of drug-likeness (QED) is 0.631. The Morgan fingerprint density at radius 3 is 2.32 bits per heavy atom. The first kappa shape index (κ1) is 17.4. The van der Waals surface area contributed by atoms with Crippen LogP contribution in [0.5, 0.6) is 0 Å². The maximum atomic E-state index is 12.7. The molecular weight excluding hydrogens is 350 g/mol. The summed E-state index contributed by atoms with van der Waals surface area (Å²) in [7, 11) is 0. The van der Waals surface area contributed by atoms with Crippen molar-refractivity contribution >= 4 is 17.3 Å². The van der Waals surface area contributed by atoms with Crippen molar-refractivity contribution in [3.05, 3.63) is 65.7 Å². The Labute approximate surface area is 165 Å². The van der Waals surface area contributed by atoms with Gasteiger partial charge in [0.1, 0.15) is 0 Å². The van der Waals surface area contributed by atoms with Gasteiger partial charge in [-0.15, -0.1) is 0 Å². The van der Waals surface area contributed by atoms with Crippen LogP contribution in [-0.2, 0) is 5.41 Å². The van der Waals surface area contributed by atoms with Crippen molar-refractivity contribution in [1.82, 2.24) is 15.2 Å². The van der Waals surface area contributed by atoms with Crippen LogP contribution in [0.1, 0.15) is 15.9 Å². The van der Waals surface area contributed by atoms with Crippen LogP contribution < -0.4 is 11.2 Å². The fraction of sp³-hybridized carbons (Fsp3) is 0.364. The largest absolute Gasteiger partial charge is 0.398 e. The van der Waals surface area contributed by atoms with Crippen LogP contribution in [-0.4, -0.2) is 60.7 Å². The van der Waals surface area contributed by atoms with Crippen molar-refractivity contribution in [3.63, 3.8) is 0 Å². The van der Waals surface area contributed by atoms with Crippen LogP contribution in [0.4, 0.5) is 5.69 Å². The van der Waals surface area contributed by atoms with E-state index in [1.54, 1.807) is 12.1 Å². The summed E-state index contributed by atoms with van der Waals surface area (Å²) in [5, 5.41) is 4.74. The Bertz CT molecular complexity index is 910. The number of benzene rings is 2. The van der Waals surface area contributed by atoms with Gasteiger partial charge < -0.3 is 15.5 Å². The monoisotopic (exact) mass is 375 g/mol. The second kappa shape index (κ2) is 6.72. The Morgan fingerprint density at radius 2 is 1.64 bits per heavy atom. The minimum Gasteiger partial charge on any atom is -0.398 e. The molecule has 2 atom stereocenters. The molecule has 144 valence electrons. The molecule has 4 aliphatic rings. The average Bonchev–Trinajstić information content (AvgIpc) is 2.96. The van der Waals surface area contributed by atoms with Crippen LogP contribution in [0.3, 0.4) is 0 Å². The van der Waals surface area contributed by atoms with Crippen LogP contribution in [0.2, 0.25) is 0 Å². The van der Waals surface area contributed by atoms with Gasteiger partial charge in [0.15, 0.2) is 0 Å². The SMILES string of the molecule is Nc1ccccc1C(=O)N/N=C1/C2CN3CCN(C2)CC1(c1ccccc1)C3. The smallest absolute Gasteiger partial charge is 0.273 e. The first-order valence-corrected chi connectivity index (χ1v) is 9.89. The van der Waals surface area contributed by atoms with Crippen molar-refractivity contribution in [2.75, 3.05) is 45.0 Å². The number of piperidine rings is 2. The Balaban J connectivity index is 1.53. The van der Waals surface area contributed by atoms with Crippen LogP contribution >= 0.6 is 0 Å². The van der Waals surface area contributed by atoms with E-state index in [0.717, 1.165) is 45.0 Å². The number of nitrogens with zero attached hydrogens (tertiary/aromatic N) is 3. The number of fused-ring (bicyclic) bond motifs is 1. The maximum Gasteiger partial charge on any atom is 0.273 e. The Hall–Kier alpha value is -2.70. The lowest BCUT2D eigenvalue weighted by Crippen LogP contribution is -2.64. The summed E-state index contributed by atoms with van der Waals surface area (Å²) in [6, 6.07) is 17.7. The number of rotatable bonds is 3. The van der Waals surface area contributed by atoms with Gasteiger partial charge in [0.25, 0.3) is 5.91 Å². The van der Waals surface area contributed by atoms with E-state index in [1.807, 2.05) is 12.1 Å². The minimum atomic E-state index is -0.249. The molecule has 0 radical (unpaired) electrons. The van der Waals surface area contributed by atoms with Gasteiger partial charge in [-0.25, -0.2) is 5.43 Å². The zero-order chi connectivity index (χ0) is 19.1. The number of anilines is 1. The molecule has 0 aliphatic carbocycles. The molecule has 4 fully saturated rings. The normalized spacial score (nSPS) is 32.3. The highest BCUT2D eigenvalue weighted by molar-refractivity contribution is 6.02. The van der Waals surface area contributed by atoms with E-state index in [0.29, 0.717) is 17.2 Å². The number of amides is 1. The van der Waals surface area contributed by atoms with Gasteiger partial charge in [0, 0.05) is 50.9 Å². The molecule has 6 heteroatoms. The summed E-state index contributed by atoms with van der Waals surface area (Å²) in [5.41, 5.74) is 11.9. The van der Waals surface area contributed by atoms with Crippen molar-refractivity contribution in [3.8, 4) is 0 Å². The summed E-state index contributed by atoms with van der Waals surface area (Å²) in [5.74, 6) is 0.0830. The predicted molar refractivity (Wildman–Crippen MR) is 110 cm³/mol. The van der Waals surface area contributed by atoms with E-state index in [1.165, 1.54) is 5.56 Å². The molecule has 28 heavy (non-hydrogen) atoms. The lowest BCUT2D eigenvalue weighted by Gasteiger charge is -2.50. The number of para-hydroxylation sites is 1. The van der Waals surface area contributed by atoms with E-state index in [2.05, 4.69) is 45.6 Å². The fourth-order valence-electron chi connectivity index (χ4n) is 5.13. The number of nitrogens with one attached hydrogen (secondary N) is 1. The van der Waals surface area contributed by atoms with E-state index in [-0.39, 0.29) is 11.3 Å². The van der Waals surface area contributed by atoms with Crippen molar-refractivity contribution < 1.29 is 4.79 Å². The summed E-state index contributed by atoms with van der Waals surface area (Å²) >= 11 is 0. The standard InChI is InChI=1S/C22H25N5O/c23-19-9-5-4-8-18(19)21(28)25-24-20-16-12-26-10-11-27(13-16)15-22(20,14-26)17-6-2-1-3-7-17/h1-9,16H,10-15,23H2,(H,25,28)/b24-20-. The Kier molecular flexibility index (Phi) is 4.18. The molecule has 3 N–H and O–H groups in total. The summed E-state index contributed by atoms with van der Waals surface area (Å²) in [4.78, 5) is 17.8. The van der Waals surface area contributed by atoms with Crippen molar-refractivity contribution in [2.45, 2.75) is 5.41 Å². The molecule has 4 heterocycles. The number of hydrogen-bond donors (Lipinski definition) is 2. The minimum absolute atomic E-state index is 0.172.